The number of carbonyl (C=O) groups is 3. The third kappa shape index (κ3) is 3.82. The highest BCUT2D eigenvalue weighted by atomic mass is 16.5. The summed E-state index contributed by atoms with van der Waals surface area (Å²) in [6.07, 6.45) is 0.687. The van der Waals surface area contributed by atoms with Crippen molar-refractivity contribution in [2.24, 2.45) is 12.8 Å². The Hall–Kier alpha value is -3.61. The highest BCUT2D eigenvalue weighted by Crippen LogP contribution is 2.21. The van der Waals surface area contributed by atoms with Gasteiger partial charge >= 0.3 is 5.97 Å². The highest BCUT2D eigenvalue weighted by Gasteiger charge is 2.22. The molecule has 0 unspecified atom stereocenters. The molecule has 0 fully saturated rings. The summed E-state index contributed by atoms with van der Waals surface area (Å²) < 4.78 is 7.15. The third-order valence-corrected chi connectivity index (χ3v) is 4.21. The summed E-state index contributed by atoms with van der Waals surface area (Å²) in [6.45, 7) is 1.50. The van der Waals surface area contributed by atoms with Gasteiger partial charge in [0.15, 0.2) is 6.10 Å². The number of benzene rings is 2. The lowest BCUT2D eigenvalue weighted by Gasteiger charge is -2.13. The lowest BCUT2D eigenvalue weighted by Crippen LogP contribution is -2.30. The van der Waals surface area contributed by atoms with Crippen LogP contribution in [0.15, 0.2) is 54.7 Å². The first kappa shape index (κ1) is 18.2. The predicted molar refractivity (Wildman–Crippen MR) is 101 cm³/mol. The SMILES string of the molecule is C[C@@H](OC(=O)c1cn(C)c2ccccc12)C(=O)Nc1ccc(C(N)=O)cc1. The molecule has 0 aliphatic carbocycles. The molecule has 7 nitrogen and oxygen atoms in total. The van der Waals surface area contributed by atoms with Crippen LogP contribution in [0, 0.1) is 0 Å². The van der Waals surface area contributed by atoms with Crippen LogP contribution in [0.2, 0.25) is 0 Å². The van der Waals surface area contributed by atoms with Gasteiger partial charge in [0.2, 0.25) is 5.91 Å². The number of nitrogens with one attached hydrogen (secondary N) is 1. The summed E-state index contributed by atoms with van der Waals surface area (Å²) >= 11 is 0. The number of para-hydroxylation sites is 1. The number of anilines is 1. The zero-order valence-corrected chi connectivity index (χ0v) is 14.9. The fraction of sp³-hybridized carbons (Fsp3) is 0.150. The molecule has 0 saturated heterocycles. The van der Waals surface area contributed by atoms with E-state index in [4.69, 9.17) is 10.5 Å². The molecule has 138 valence electrons. The van der Waals surface area contributed by atoms with Crippen molar-refractivity contribution in [2.45, 2.75) is 13.0 Å². The van der Waals surface area contributed by atoms with Crippen molar-refractivity contribution in [2.75, 3.05) is 5.32 Å². The molecule has 2 amide bonds. The number of nitrogens with zero attached hydrogens (tertiary/aromatic N) is 1. The van der Waals surface area contributed by atoms with Crippen LogP contribution in [-0.4, -0.2) is 28.5 Å². The summed E-state index contributed by atoms with van der Waals surface area (Å²) in [7, 11) is 1.84. The van der Waals surface area contributed by atoms with Crippen molar-refractivity contribution in [3.8, 4) is 0 Å². The lowest BCUT2D eigenvalue weighted by atomic mass is 10.2. The van der Waals surface area contributed by atoms with E-state index >= 15 is 0 Å². The first-order chi connectivity index (χ1) is 12.9. The van der Waals surface area contributed by atoms with E-state index in [0.29, 0.717) is 16.8 Å². The van der Waals surface area contributed by atoms with Crippen LogP contribution in [0.4, 0.5) is 5.69 Å². The molecule has 1 heterocycles. The molecular formula is C20H19N3O4. The van der Waals surface area contributed by atoms with E-state index in [0.717, 1.165) is 10.9 Å². The summed E-state index contributed by atoms with van der Waals surface area (Å²) in [4.78, 5) is 35.8. The average Bonchev–Trinajstić information content (AvgIpc) is 2.99. The minimum Gasteiger partial charge on any atom is -0.449 e. The van der Waals surface area contributed by atoms with Crippen molar-refractivity contribution >= 4 is 34.4 Å². The van der Waals surface area contributed by atoms with Crippen molar-refractivity contribution in [3.63, 3.8) is 0 Å². The van der Waals surface area contributed by atoms with E-state index in [1.807, 2.05) is 35.9 Å². The van der Waals surface area contributed by atoms with E-state index in [1.165, 1.54) is 19.1 Å². The number of rotatable bonds is 5. The molecule has 0 bridgehead atoms. The smallest absolute Gasteiger partial charge is 0.341 e. The topological polar surface area (TPSA) is 103 Å². The Morgan fingerprint density at radius 3 is 2.41 bits per heavy atom. The van der Waals surface area contributed by atoms with Gasteiger partial charge in [0.25, 0.3) is 5.91 Å². The van der Waals surface area contributed by atoms with Crippen LogP contribution in [0.5, 0.6) is 0 Å². The van der Waals surface area contributed by atoms with Gasteiger partial charge in [-0.3, -0.25) is 9.59 Å². The first-order valence-electron chi connectivity index (χ1n) is 8.32. The molecule has 0 saturated carbocycles. The number of nitrogens with two attached hydrogens (primary N) is 1. The van der Waals surface area contributed by atoms with Gasteiger partial charge in [-0.05, 0) is 37.3 Å². The van der Waals surface area contributed by atoms with E-state index in [2.05, 4.69) is 5.32 Å². The van der Waals surface area contributed by atoms with Crippen LogP contribution >= 0.6 is 0 Å². The summed E-state index contributed by atoms with van der Waals surface area (Å²) in [5.74, 6) is -1.60. The monoisotopic (exact) mass is 365 g/mol. The number of ether oxygens (including phenoxy) is 1. The Kier molecular flexibility index (Phi) is 4.94. The molecule has 0 aliphatic heterocycles. The molecule has 1 aromatic heterocycles. The summed E-state index contributed by atoms with van der Waals surface area (Å²) in [6, 6.07) is 13.6. The normalized spacial score (nSPS) is 11.8. The minimum absolute atomic E-state index is 0.337. The van der Waals surface area contributed by atoms with Crippen LogP contribution in [-0.2, 0) is 16.6 Å². The molecule has 0 aliphatic rings. The van der Waals surface area contributed by atoms with Gasteiger partial charge in [-0.1, -0.05) is 18.2 Å². The maximum atomic E-state index is 12.5. The van der Waals surface area contributed by atoms with Gasteiger partial charge < -0.3 is 20.4 Å². The van der Waals surface area contributed by atoms with Gasteiger partial charge in [0, 0.05) is 35.4 Å². The third-order valence-electron chi connectivity index (χ3n) is 4.21. The fourth-order valence-corrected chi connectivity index (χ4v) is 2.74. The fourth-order valence-electron chi connectivity index (χ4n) is 2.74. The van der Waals surface area contributed by atoms with Crippen molar-refractivity contribution in [1.82, 2.24) is 4.57 Å². The maximum absolute atomic E-state index is 12.5. The number of amides is 2. The molecule has 7 heteroatoms. The maximum Gasteiger partial charge on any atom is 0.341 e. The predicted octanol–water partition coefficient (Wildman–Crippen LogP) is 2.46. The summed E-state index contributed by atoms with van der Waals surface area (Å²) in [5.41, 5.74) is 7.29. The second kappa shape index (κ2) is 7.33. The number of primary amides is 1. The lowest BCUT2D eigenvalue weighted by molar-refractivity contribution is -0.123. The van der Waals surface area contributed by atoms with Crippen molar-refractivity contribution < 1.29 is 19.1 Å². The zero-order valence-electron chi connectivity index (χ0n) is 14.9. The number of hydrogen-bond donors (Lipinski definition) is 2. The van der Waals surface area contributed by atoms with Crippen LogP contribution < -0.4 is 11.1 Å². The molecular weight excluding hydrogens is 346 g/mol. The molecule has 0 spiro atoms. The second-order valence-electron chi connectivity index (χ2n) is 6.15. The van der Waals surface area contributed by atoms with E-state index in [-0.39, 0.29) is 0 Å². The van der Waals surface area contributed by atoms with E-state index in [1.54, 1.807) is 18.3 Å². The number of carbonyl (C=O) groups excluding carboxylic acids is 3. The van der Waals surface area contributed by atoms with Crippen LogP contribution in [0.25, 0.3) is 10.9 Å². The van der Waals surface area contributed by atoms with Gasteiger partial charge in [-0.15, -0.1) is 0 Å². The standard InChI is InChI=1S/C20H19N3O4/c1-12(19(25)22-14-9-7-13(8-10-14)18(21)24)27-20(26)16-11-23(2)17-6-4-3-5-15(16)17/h3-12H,1-2H3,(H2,21,24)(H,22,25)/t12-/m1/s1. The van der Waals surface area contributed by atoms with Crippen LogP contribution in [0.1, 0.15) is 27.6 Å². The Morgan fingerprint density at radius 2 is 1.74 bits per heavy atom. The van der Waals surface area contributed by atoms with Gasteiger partial charge in [-0.2, -0.15) is 0 Å². The average molecular weight is 365 g/mol. The number of aryl methyl sites for hydroxylation is 1. The van der Waals surface area contributed by atoms with Gasteiger partial charge in [-0.25, -0.2) is 4.79 Å². The highest BCUT2D eigenvalue weighted by molar-refractivity contribution is 6.05. The van der Waals surface area contributed by atoms with Crippen LogP contribution in [0.3, 0.4) is 0 Å². The molecule has 0 radical (unpaired) electrons. The Morgan fingerprint density at radius 1 is 1.07 bits per heavy atom. The first-order valence-corrected chi connectivity index (χ1v) is 8.32. The number of aromatic nitrogens is 1. The van der Waals surface area contributed by atoms with E-state index in [9.17, 15) is 14.4 Å². The summed E-state index contributed by atoms with van der Waals surface area (Å²) in [5, 5.41) is 3.40. The minimum atomic E-state index is -0.993. The number of hydrogen-bond acceptors (Lipinski definition) is 4. The molecule has 1 atom stereocenters. The van der Waals surface area contributed by atoms with Gasteiger partial charge in [0.05, 0.1) is 5.56 Å². The van der Waals surface area contributed by atoms with Crippen molar-refractivity contribution in [3.05, 3.63) is 65.9 Å². The van der Waals surface area contributed by atoms with E-state index < -0.39 is 23.9 Å². The molecule has 3 rings (SSSR count). The number of fused-ring (bicyclic) bond motifs is 1. The number of esters is 1. The molecule has 27 heavy (non-hydrogen) atoms. The molecule has 3 N–H and O–H groups in total. The molecule has 2 aromatic carbocycles. The second-order valence-corrected chi connectivity index (χ2v) is 6.15. The Labute approximate surface area is 155 Å². The Balaban J connectivity index is 1.68. The zero-order chi connectivity index (χ0) is 19.6. The quantitative estimate of drug-likeness (QED) is 0.678. The Bertz CT molecular complexity index is 1020. The van der Waals surface area contributed by atoms with Crippen molar-refractivity contribution in [1.29, 1.82) is 0 Å². The van der Waals surface area contributed by atoms with Gasteiger partial charge in [0.1, 0.15) is 0 Å². The molecule has 3 aromatic rings. The largest absolute Gasteiger partial charge is 0.449 e.